The van der Waals surface area contributed by atoms with Gasteiger partial charge in [-0.25, -0.2) is 4.57 Å². The summed E-state index contributed by atoms with van der Waals surface area (Å²) in [5.74, 6) is -0.875. The fourth-order valence-electron chi connectivity index (χ4n) is 6.68. The summed E-state index contributed by atoms with van der Waals surface area (Å²) < 4.78 is 32.8. The Morgan fingerprint density at radius 3 is 1.17 bits per heavy atom. The van der Waals surface area contributed by atoms with E-state index in [-0.39, 0.29) is 32.6 Å². The fourth-order valence-corrected chi connectivity index (χ4v) is 7.44. The highest BCUT2D eigenvalue weighted by atomic mass is 31.2. The van der Waals surface area contributed by atoms with Crippen LogP contribution >= 0.6 is 7.82 Å². The number of allylic oxidation sites excluding steroid dienone is 24. The van der Waals surface area contributed by atoms with Crippen molar-refractivity contribution in [3.05, 3.63) is 146 Å². The van der Waals surface area contributed by atoms with Gasteiger partial charge in [-0.3, -0.25) is 18.6 Å². The SMILES string of the molecule is CC/C=C\C/C=C\C/C=C\C/C=C\C/C=C\C/C=C\C/C=C\C/C=C\C/C=C\C/C=C\C/C=C\CCCCCCCC(=O)OC(COC(=O)CCCCCCC/C=C\CCCC)COP(=O)(O)OCCN. The van der Waals surface area contributed by atoms with E-state index >= 15 is 0 Å². The van der Waals surface area contributed by atoms with Crippen LogP contribution in [0.1, 0.15) is 194 Å². The summed E-state index contributed by atoms with van der Waals surface area (Å²) in [6, 6.07) is 0. The molecule has 0 aromatic rings. The minimum Gasteiger partial charge on any atom is -0.462 e. The molecule has 0 aromatic heterocycles. The number of rotatable bonds is 49. The molecule has 0 aliphatic rings. The molecule has 0 aliphatic heterocycles. The average molecular weight is 1000 g/mol. The number of esters is 2. The first-order valence-corrected chi connectivity index (χ1v) is 28.8. The lowest BCUT2D eigenvalue weighted by atomic mass is 10.1. The van der Waals surface area contributed by atoms with Gasteiger partial charge in [-0.05, 0) is 116 Å². The van der Waals surface area contributed by atoms with Gasteiger partial charge in [0.2, 0.25) is 0 Å². The second-order valence-corrected chi connectivity index (χ2v) is 18.8. The minimum atomic E-state index is -4.40. The van der Waals surface area contributed by atoms with Crippen LogP contribution in [-0.2, 0) is 32.7 Å². The van der Waals surface area contributed by atoms with Crippen molar-refractivity contribution < 1.29 is 37.6 Å². The molecule has 2 atom stereocenters. The number of phosphoric acid groups is 1. The third kappa shape index (κ3) is 55.1. The molecular weight excluding hydrogens is 906 g/mol. The van der Waals surface area contributed by atoms with E-state index in [1.807, 2.05) is 0 Å². The summed E-state index contributed by atoms with van der Waals surface area (Å²) in [4.78, 5) is 34.9. The first kappa shape index (κ1) is 66.9. The number of nitrogens with two attached hydrogens (primary N) is 1. The van der Waals surface area contributed by atoms with E-state index in [0.29, 0.717) is 12.8 Å². The van der Waals surface area contributed by atoms with Crippen molar-refractivity contribution in [3.8, 4) is 0 Å². The van der Waals surface area contributed by atoms with Crippen molar-refractivity contribution >= 4 is 19.8 Å². The lowest BCUT2D eigenvalue weighted by Crippen LogP contribution is -2.29. The standard InChI is InChI=1S/C61H98NO8P/c1-3-5-7-9-11-13-15-16-17-18-19-20-21-22-23-24-25-26-27-28-29-30-31-32-33-34-35-36-37-38-39-40-41-42-44-46-48-50-52-54-61(64)70-59(58-69-71(65,66)68-56-55-62)57-67-60(63)53-51-49-47-45-43-14-12-10-8-6-4-2/h5,7,10-13,16-17,19-20,22-23,25-26,28-29,31-32,34-35,37-38,40-41,59H,3-4,6,8-9,14-15,18,21,24,27,30,33,36,39,42-58,62H2,1-2H3,(H,65,66)/b7-5-,12-10-,13-11-,17-16-,20-19-,23-22-,26-25-,29-28-,32-31-,35-34-,38-37-,41-40-. The minimum absolute atomic E-state index is 0.0414. The highest BCUT2D eigenvalue weighted by Crippen LogP contribution is 2.43. The van der Waals surface area contributed by atoms with Crippen LogP contribution in [0.4, 0.5) is 0 Å². The van der Waals surface area contributed by atoms with Gasteiger partial charge in [0.25, 0.3) is 0 Å². The lowest BCUT2D eigenvalue weighted by molar-refractivity contribution is -0.161. The second kappa shape index (κ2) is 55.2. The number of carbonyl (C=O) groups is 2. The Labute approximate surface area is 433 Å². The first-order chi connectivity index (χ1) is 34.8. The summed E-state index contributed by atoms with van der Waals surface area (Å²) in [5.41, 5.74) is 5.36. The zero-order chi connectivity index (χ0) is 51.7. The Kier molecular flexibility index (Phi) is 52.0. The normalized spacial score (nSPS) is 14.3. The summed E-state index contributed by atoms with van der Waals surface area (Å²) in [6.07, 6.45) is 79.1. The number of ether oxygens (including phenoxy) is 2. The van der Waals surface area contributed by atoms with E-state index in [9.17, 15) is 19.0 Å². The van der Waals surface area contributed by atoms with Crippen LogP contribution in [0.25, 0.3) is 0 Å². The first-order valence-electron chi connectivity index (χ1n) is 27.3. The molecule has 9 nitrogen and oxygen atoms in total. The number of hydrogen-bond acceptors (Lipinski definition) is 8. The Morgan fingerprint density at radius 2 is 0.775 bits per heavy atom. The van der Waals surface area contributed by atoms with E-state index < -0.39 is 32.5 Å². The summed E-state index contributed by atoms with van der Waals surface area (Å²) in [5, 5.41) is 0. The van der Waals surface area contributed by atoms with Crippen LogP contribution in [0.2, 0.25) is 0 Å². The maximum atomic E-state index is 12.6. The number of hydrogen-bond donors (Lipinski definition) is 2. The van der Waals surface area contributed by atoms with Crippen molar-refractivity contribution in [1.29, 1.82) is 0 Å². The number of carbonyl (C=O) groups excluding carboxylic acids is 2. The highest BCUT2D eigenvalue weighted by Gasteiger charge is 2.26. The Bertz CT molecular complexity index is 1660. The second-order valence-electron chi connectivity index (χ2n) is 17.4. The van der Waals surface area contributed by atoms with Gasteiger partial charge in [-0.1, -0.05) is 211 Å². The molecule has 2 unspecified atom stereocenters. The lowest BCUT2D eigenvalue weighted by Gasteiger charge is -2.19. The van der Waals surface area contributed by atoms with E-state index in [2.05, 4.69) is 160 Å². The Hall–Kier alpha value is -4.11. The summed E-state index contributed by atoms with van der Waals surface area (Å²) in [7, 11) is -4.40. The van der Waals surface area contributed by atoms with E-state index in [4.69, 9.17) is 24.3 Å². The molecule has 3 N–H and O–H groups in total. The van der Waals surface area contributed by atoms with Gasteiger partial charge < -0.3 is 20.1 Å². The largest absolute Gasteiger partial charge is 0.472 e. The van der Waals surface area contributed by atoms with Crippen molar-refractivity contribution in [2.45, 2.75) is 200 Å². The maximum absolute atomic E-state index is 12.6. The van der Waals surface area contributed by atoms with Crippen molar-refractivity contribution in [1.82, 2.24) is 0 Å². The van der Waals surface area contributed by atoms with E-state index in [1.165, 1.54) is 12.8 Å². The van der Waals surface area contributed by atoms with Crippen LogP contribution in [0.5, 0.6) is 0 Å². The van der Waals surface area contributed by atoms with Gasteiger partial charge in [0, 0.05) is 19.4 Å². The zero-order valence-electron chi connectivity index (χ0n) is 44.4. The topological polar surface area (TPSA) is 134 Å². The molecule has 0 rings (SSSR count). The van der Waals surface area contributed by atoms with Gasteiger partial charge in [-0.15, -0.1) is 0 Å². The average Bonchev–Trinajstić information content (AvgIpc) is 3.36. The number of phosphoric ester groups is 1. The quantitative estimate of drug-likeness (QED) is 0.0264. The van der Waals surface area contributed by atoms with Crippen molar-refractivity contribution in [2.24, 2.45) is 5.73 Å². The monoisotopic (exact) mass is 1000 g/mol. The van der Waals surface area contributed by atoms with Crippen LogP contribution in [0.15, 0.2) is 146 Å². The molecule has 0 saturated carbocycles. The molecule has 0 bridgehead atoms. The summed E-state index contributed by atoms with van der Waals surface area (Å²) in [6.45, 7) is 3.52. The highest BCUT2D eigenvalue weighted by molar-refractivity contribution is 7.47. The smallest absolute Gasteiger partial charge is 0.462 e. The molecule has 0 fully saturated rings. The van der Waals surface area contributed by atoms with Gasteiger partial charge in [0.05, 0.1) is 13.2 Å². The zero-order valence-corrected chi connectivity index (χ0v) is 45.3. The fraction of sp³-hybridized carbons (Fsp3) is 0.574. The Morgan fingerprint density at radius 1 is 0.437 bits per heavy atom. The summed E-state index contributed by atoms with van der Waals surface area (Å²) >= 11 is 0. The van der Waals surface area contributed by atoms with E-state index in [0.717, 1.165) is 141 Å². The van der Waals surface area contributed by atoms with Gasteiger partial charge in [-0.2, -0.15) is 0 Å². The van der Waals surface area contributed by atoms with Crippen LogP contribution in [-0.4, -0.2) is 49.3 Å². The van der Waals surface area contributed by atoms with Crippen molar-refractivity contribution in [3.63, 3.8) is 0 Å². The molecule has 0 amide bonds. The predicted molar refractivity (Wildman–Crippen MR) is 302 cm³/mol. The molecule has 0 heterocycles. The van der Waals surface area contributed by atoms with Crippen LogP contribution in [0.3, 0.4) is 0 Å². The van der Waals surface area contributed by atoms with Crippen LogP contribution in [0, 0.1) is 0 Å². The van der Waals surface area contributed by atoms with E-state index in [1.54, 1.807) is 0 Å². The number of unbranched alkanes of at least 4 members (excludes halogenated alkanes) is 12. The Balaban J connectivity index is 4.04. The molecule has 0 aliphatic carbocycles. The van der Waals surface area contributed by atoms with Crippen molar-refractivity contribution in [2.75, 3.05) is 26.4 Å². The molecule has 0 saturated heterocycles. The molecular formula is C61H98NO8P. The van der Waals surface area contributed by atoms with Gasteiger partial charge in [0.1, 0.15) is 6.61 Å². The maximum Gasteiger partial charge on any atom is 0.472 e. The molecule has 10 heteroatoms. The van der Waals surface area contributed by atoms with Crippen LogP contribution < -0.4 is 5.73 Å². The van der Waals surface area contributed by atoms with Gasteiger partial charge in [0.15, 0.2) is 6.10 Å². The third-order valence-corrected chi connectivity index (χ3v) is 11.7. The molecule has 0 aromatic carbocycles. The molecule has 400 valence electrons. The molecule has 71 heavy (non-hydrogen) atoms. The predicted octanol–water partition coefficient (Wildman–Crippen LogP) is 17.2. The molecule has 0 radical (unpaired) electrons. The third-order valence-electron chi connectivity index (χ3n) is 10.7. The molecule has 0 spiro atoms. The van der Waals surface area contributed by atoms with Gasteiger partial charge >= 0.3 is 19.8 Å².